The second kappa shape index (κ2) is 5.69. The molecule has 1 aromatic rings. The number of nitrogens with two attached hydrogens (primary N) is 1. The Morgan fingerprint density at radius 1 is 1.14 bits per heavy atom. The van der Waals surface area contributed by atoms with E-state index in [9.17, 15) is 0 Å². The van der Waals surface area contributed by atoms with Gasteiger partial charge in [0.15, 0.2) is 0 Å². The molecule has 0 bridgehead atoms. The molecule has 1 fully saturated rings. The fourth-order valence-electron chi connectivity index (χ4n) is 4.77. The first-order valence-corrected chi connectivity index (χ1v) is 7.98. The second-order valence-electron chi connectivity index (χ2n) is 8.50. The van der Waals surface area contributed by atoms with Crippen molar-refractivity contribution in [3.05, 3.63) is 30.1 Å². The van der Waals surface area contributed by atoms with Crippen LogP contribution in [0, 0.1) is 10.8 Å². The molecule has 1 saturated carbocycles. The Bertz CT molecular complexity index is 449. The van der Waals surface area contributed by atoms with Gasteiger partial charge in [0.05, 0.1) is 0 Å². The minimum atomic E-state index is 0.0844. The molecule has 1 aromatic heterocycles. The van der Waals surface area contributed by atoms with Crippen molar-refractivity contribution in [2.45, 2.75) is 59.0 Å². The van der Waals surface area contributed by atoms with Crippen LogP contribution in [0.25, 0.3) is 0 Å². The van der Waals surface area contributed by atoms with Gasteiger partial charge in [0, 0.05) is 31.0 Å². The van der Waals surface area contributed by atoms with Gasteiger partial charge in [-0.25, -0.2) is 0 Å². The minimum Gasteiger partial charge on any atom is -0.329 e. The van der Waals surface area contributed by atoms with Crippen molar-refractivity contribution in [3.8, 4) is 0 Å². The lowest BCUT2D eigenvalue weighted by molar-refractivity contribution is -0.0357. The third-order valence-corrected chi connectivity index (χ3v) is 4.90. The summed E-state index contributed by atoms with van der Waals surface area (Å²) in [6, 6.07) is 4.15. The molecule has 0 saturated heterocycles. The quantitative estimate of drug-likeness (QED) is 0.923. The lowest BCUT2D eigenvalue weighted by atomic mass is 9.58. The van der Waals surface area contributed by atoms with Crippen molar-refractivity contribution >= 4 is 0 Å². The molecular formula is C18H31N3. The number of rotatable bonds is 4. The van der Waals surface area contributed by atoms with E-state index in [0.29, 0.717) is 10.8 Å². The van der Waals surface area contributed by atoms with Crippen LogP contribution in [0.2, 0.25) is 0 Å². The van der Waals surface area contributed by atoms with Gasteiger partial charge < -0.3 is 5.73 Å². The predicted molar refractivity (Wildman–Crippen MR) is 88.9 cm³/mol. The zero-order valence-corrected chi connectivity index (χ0v) is 14.3. The summed E-state index contributed by atoms with van der Waals surface area (Å²) < 4.78 is 0. The van der Waals surface area contributed by atoms with Crippen LogP contribution in [0.1, 0.15) is 52.5 Å². The number of hydrogen-bond acceptors (Lipinski definition) is 3. The molecule has 0 aromatic carbocycles. The Labute approximate surface area is 129 Å². The van der Waals surface area contributed by atoms with E-state index in [0.717, 1.165) is 25.9 Å². The Kier molecular flexibility index (Phi) is 4.46. The van der Waals surface area contributed by atoms with Crippen LogP contribution in [0.4, 0.5) is 0 Å². The molecule has 3 nitrogen and oxygen atoms in total. The number of aromatic nitrogens is 1. The van der Waals surface area contributed by atoms with Crippen LogP contribution >= 0.6 is 0 Å². The van der Waals surface area contributed by atoms with E-state index < -0.39 is 0 Å². The zero-order valence-electron chi connectivity index (χ0n) is 14.3. The number of nitrogens with zero attached hydrogens (tertiary/aromatic N) is 2. The van der Waals surface area contributed by atoms with Crippen molar-refractivity contribution in [2.24, 2.45) is 16.6 Å². The Morgan fingerprint density at radius 3 is 2.24 bits per heavy atom. The van der Waals surface area contributed by atoms with Crippen molar-refractivity contribution in [1.82, 2.24) is 9.88 Å². The molecule has 0 unspecified atom stereocenters. The predicted octanol–water partition coefficient (Wildman–Crippen LogP) is 3.45. The average molecular weight is 289 g/mol. The zero-order chi connectivity index (χ0) is 15.7. The maximum absolute atomic E-state index is 6.28. The average Bonchev–Trinajstić information content (AvgIpc) is 2.36. The van der Waals surface area contributed by atoms with E-state index in [1.54, 1.807) is 0 Å². The summed E-state index contributed by atoms with van der Waals surface area (Å²) in [6.07, 6.45) is 7.38. The first kappa shape index (κ1) is 16.4. The summed E-state index contributed by atoms with van der Waals surface area (Å²) in [5.41, 5.74) is 8.30. The molecule has 0 radical (unpaired) electrons. The molecular weight excluding hydrogens is 258 g/mol. The van der Waals surface area contributed by atoms with Crippen molar-refractivity contribution in [2.75, 3.05) is 13.6 Å². The number of pyridine rings is 1. The molecule has 0 spiro atoms. The van der Waals surface area contributed by atoms with Gasteiger partial charge in [-0.05, 0) is 48.8 Å². The lowest BCUT2D eigenvalue weighted by Gasteiger charge is -2.55. The monoisotopic (exact) mass is 289 g/mol. The van der Waals surface area contributed by atoms with Gasteiger partial charge >= 0.3 is 0 Å². The summed E-state index contributed by atoms with van der Waals surface area (Å²) >= 11 is 0. The summed E-state index contributed by atoms with van der Waals surface area (Å²) in [5, 5.41) is 0. The molecule has 118 valence electrons. The molecule has 1 aliphatic rings. The minimum absolute atomic E-state index is 0.0844. The fourth-order valence-corrected chi connectivity index (χ4v) is 4.77. The third-order valence-electron chi connectivity index (χ3n) is 4.90. The van der Waals surface area contributed by atoms with Crippen LogP contribution in [0.3, 0.4) is 0 Å². The van der Waals surface area contributed by atoms with Gasteiger partial charge in [-0.15, -0.1) is 0 Å². The first-order valence-electron chi connectivity index (χ1n) is 7.98. The SMILES string of the molecule is CN(Cc1cccnc1)C1(CN)CC(C)(C)CC(C)(C)C1. The van der Waals surface area contributed by atoms with E-state index in [2.05, 4.69) is 50.7 Å². The van der Waals surface area contributed by atoms with E-state index in [1.807, 2.05) is 18.5 Å². The Balaban J connectivity index is 2.23. The highest BCUT2D eigenvalue weighted by Crippen LogP contribution is 2.51. The van der Waals surface area contributed by atoms with E-state index in [-0.39, 0.29) is 5.54 Å². The van der Waals surface area contributed by atoms with Gasteiger partial charge in [0.1, 0.15) is 0 Å². The summed E-state index contributed by atoms with van der Waals surface area (Å²) in [5.74, 6) is 0. The molecule has 0 atom stereocenters. The van der Waals surface area contributed by atoms with Crippen LogP contribution in [-0.4, -0.2) is 29.0 Å². The van der Waals surface area contributed by atoms with Gasteiger partial charge in [-0.2, -0.15) is 0 Å². The maximum atomic E-state index is 6.28. The smallest absolute Gasteiger partial charge is 0.0342 e. The van der Waals surface area contributed by atoms with Gasteiger partial charge in [0.2, 0.25) is 0 Å². The number of hydrogen-bond donors (Lipinski definition) is 1. The van der Waals surface area contributed by atoms with Crippen molar-refractivity contribution in [1.29, 1.82) is 0 Å². The molecule has 1 heterocycles. The van der Waals surface area contributed by atoms with Crippen LogP contribution in [0.5, 0.6) is 0 Å². The van der Waals surface area contributed by atoms with E-state index in [1.165, 1.54) is 12.0 Å². The molecule has 21 heavy (non-hydrogen) atoms. The van der Waals surface area contributed by atoms with E-state index >= 15 is 0 Å². The second-order valence-corrected chi connectivity index (χ2v) is 8.50. The third kappa shape index (κ3) is 3.83. The molecule has 2 rings (SSSR count). The highest BCUT2D eigenvalue weighted by atomic mass is 15.2. The van der Waals surface area contributed by atoms with E-state index in [4.69, 9.17) is 5.73 Å². The van der Waals surface area contributed by atoms with Crippen LogP contribution < -0.4 is 5.73 Å². The van der Waals surface area contributed by atoms with Crippen LogP contribution in [0.15, 0.2) is 24.5 Å². The largest absolute Gasteiger partial charge is 0.329 e. The van der Waals surface area contributed by atoms with Gasteiger partial charge in [-0.1, -0.05) is 33.8 Å². The molecule has 3 heteroatoms. The van der Waals surface area contributed by atoms with Gasteiger partial charge in [0.25, 0.3) is 0 Å². The molecule has 0 aliphatic heterocycles. The summed E-state index contributed by atoms with van der Waals surface area (Å²) in [6.45, 7) is 11.2. The molecule has 1 aliphatic carbocycles. The standard InChI is InChI=1S/C18H31N3/c1-16(2)11-17(3,4)13-18(12-16,14-19)21(5)10-15-7-6-8-20-9-15/h6-9H,10-14,19H2,1-5H3. The highest BCUT2D eigenvalue weighted by molar-refractivity contribution is 5.11. The van der Waals surface area contributed by atoms with Crippen molar-refractivity contribution in [3.63, 3.8) is 0 Å². The number of likely N-dealkylation sites (N-methyl/N-ethyl adjacent to an activating group) is 1. The maximum Gasteiger partial charge on any atom is 0.0342 e. The molecule has 2 N–H and O–H groups in total. The molecule has 0 amide bonds. The first-order chi connectivity index (χ1) is 9.68. The fraction of sp³-hybridized carbons (Fsp3) is 0.722. The van der Waals surface area contributed by atoms with Crippen LogP contribution in [-0.2, 0) is 6.54 Å². The summed E-state index contributed by atoms with van der Waals surface area (Å²) in [4.78, 5) is 6.70. The van der Waals surface area contributed by atoms with Gasteiger partial charge in [-0.3, -0.25) is 9.88 Å². The summed E-state index contributed by atoms with van der Waals surface area (Å²) in [7, 11) is 2.22. The van der Waals surface area contributed by atoms with Crippen molar-refractivity contribution < 1.29 is 0 Å². The normalized spacial score (nSPS) is 23.2. The lowest BCUT2D eigenvalue weighted by Crippen LogP contribution is -2.59. The topological polar surface area (TPSA) is 42.2 Å². The highest BCUT2D eigenvalue weighted by Gasteiger charge is 2.48. The Hall–Kier alpha value is -0.930. The Morgan fingerprint density at radius 2 is 1.76 bits per heavy atom.